The first-order valence-electron chi connectivity index (χ1n) is 3.55. The van der Waals surface area contributed by atoms with Crippen LogP contribution in [0.3, 0.4) is 0 Å². The van der Waals surface area contributed by atoms with Crippen molar-refractivity contribution >= 4 is 0 Å². The van der Waals surface area contributed by atoms with E-state index < -0.39 is 0 Å². The first-order chi connectivity index (χ1) is 4.86. The summed E-state index contributed by atoms with van der Waals surface area (Å²) >= 11 is 0. The van der Waals surface area contributed by atoms with Gasteiger partial charge in [0.2, 0.25) is 0 Å². The monoisotopic (exact) mass is 139 g/mol. The van der Waals surface area contributed by atoms with Gasteiger partial charge in [0.25, 0.3) is 0 Å². The molecule has 0 aromatic rings. The summed E-state index contributed by atoms with van der Waals surface area (Å²) in [5, 5.41) is 0. The molecule has 1 rings (SSSR count). The van der Waals surface area contributed by atoms with E-state index in [9.17, 15) is 0 Å². The van der Waals surface area contributed by atoms with Crippen LogP contribution in [0.1, 0.15) is 6.42 Å². The van der Waals surface area contributed by atoms with Crippen molar-refractivity contribution in [1.82, 2.24) is 4.90 Å². The third-order valence-electron chi connectivity index (χ3n) is 1.83. The van der Waals surface area contributed by atoms with Crippen molar-refractivity contribution in [3.8, 4) is 12.3 Å². The van der Waals surface area contributed by atoms with Crippen LogP contribution in [-0.4, -0.2) is 37.7 Å². The van der Waals surface area contributed by atoms with Gasteiger partial charge in [-0.25, -0.2) is 0 Å². The zero-order valence-corrected chi connectivity index (χ0v) is 6.34. The molecule has 2 nitrogen and oxygen atoms in total. The lowest BCUT2D eigenvalue weighted by atomic mass is 10.1. The van der Waals surface area contributed by atoms with Crippen molar-refractivity contribution in [3.05, 3.63) is 0 Å². The Kier molecular flexibility index (Phi) is 2.73. The number of rotatable bonds is 3. The molecule has 0 aliphatic carbocycles. The van der Waals surface area contributed by atoms with Crippen LogP contribution >= 0.6 is 0 Å². The first kappa shape index (κ1) is 7.59. The number of ether oxygens (including phenoxy) is 1. The van der Waals surface area contributed by atoms with Gasteiger partial charge in [-0.1, -0.05) is 0 Å². The maximum Gasteiger partial charge on any atom is 0.0824 e. The molecular weight excluding hydrogens is 126 g/mol. The van der Waals surface area contributed by atoms with Crippen molar-refractivity contribution in [3.63, 3.8) is 0 Å². The van der Waals surface area contributed by atoms with Gasteiger partial charge < -0.3 is 4.74 Å². The molecule has 1 fully saturated rings. The minimum absolute atomic E-state index is 0.456. The molecule has 10 heavy (non-hydrogen) atoms. The van der Waals surface area contributed by atoms with E-state index >= 15 is 0 Å². The Balaban J connectivity index is 1.99. The molecule has 0 radical (unpaired) electrons. The van der Waals surface area contributed by atoms with Crippen molar-refractivity contribution in [2.24, 2.45) is 0 Å². The van der Waals surface area contributed by atoms with Gasteiger partial charge in [0.15, 0.2) is 0 Å². The summed E-state index contributed by atoms with van der Waals surface area (Å²) in [5.41, 5.74) is 0. The molecule has 0 spiro atoms. The molecule has 56 valence electrons. The van der Waals surface area contributed by atoms with Crippen molar-refractivity contribution in [1.29, 1.82) is 0 Å². The Hall–Kier alpha value is -0.520. The number of hydrogen-bond acceptors (Lipinski definition) is 2. The molecule has 1 saturated heterocycles. The fourth-order valence-electron chi connectivity index (χ4n) is 1.08. The zero-order chi connectivity index (χ0) is 7.40. The summed E-state index contributed by atoms with van der Waals surface area (Å²) in [4.78, 5) is 2.30. The molecule has 0 aromatic carbocycles. The third kappa shape index (κ3) is 1.73. The highest BCUT2D eigenvalue weighted by Crippen LogP contribution is 2.09. The van der Waals surface area contributed by atoms with Crippen LogP contribution in [0.4, 0.5) is 0 Å². The highest BCUT2D eigenvalue weighted by Gasteiger charge is 2.24. The summed E-state index contributed by atoms with van der Waals surface area (Å²) in [6.45, 7) is 3.13. The summed E-state index contributed by atoms with van der Waals surface area (Å²) in [7, 11) is 1.75. The minimum atomic E-state index is 0.456. The van der Waals surface area contributed by atoms with Gasteiger partial charge in [-0.05, 0) is 0 Å². The minimum Gasteiger partial charge on any atom is -0.379 e. The zero-order valence-electron chi connectivity index (χ0n) is 6.34. The van der Waals surface area contributed by atoms with E-state index in [1.54, 1.807) is 7.11 Å². The highest BCUT2D eigenvalue weighted by molar-refractivity contribution is 4.88. The van der Waals surface area contributed by atoms with Crippen LogP contribution in [0.15, 0.2) is 0 Å². The number of hydrogen-bond donors (Lipinski definition) is 0. The van der Waals surface area contributed by atoms with E-state index in [2.05, 4.69) is 10.8 Å². The predicted molar refractivity (Wildman–Crippen MR) is 40.7 cm³/mol. The van der Waals surface area contributed by atoms with Crippen molar-refractivity contribution in [2.75, 3.05) is 26.7 Å². The predicted octanol–water partition coefficient (Wildman–Crippen LogP) is 0.340. The van der Waals surface area contributed by atoms with Gasteiger partial charge in [0, 0.05) is 33.2 Å². The van der Waals surface area contributed by atoms with E-state index in [0.29, 0.717) is 6.10 Å². The lowest BCUT2D eigenvalue weighted by Gasteiger charge is -2.37. The Bertz CT molecular complexity index is 133. The smallest absolute Gasteiger partial charge is 0.0824 e. The standard InChI is InChI=1S/C8H13NO/c1-3-4-5-9-6-8(7-9)10-2/h1,8H,4-7H2,2H3. The van der Waals surface area contributed by atoms with Crippen LogP contribution in [0.5, 0.6) is 0 Å². The van der Waals surface area contributed by atoms with E-state index in [0.717, 1.165) is 26.1 Å². The van der Waals surface area contributed by atoms with Gasteiger partial charge in [-0.2, -0.15) is 0 Å². The van der Waals surface area contributed by atoms with E-state index in [1.165, 1.54) is 0 Å². The van der Waals surface area contributed by atoms with Crippen LogP contribution in [0.25, 0.3) is 0 Å². The molecule has 0 atom stereocenters. The molecule has 1 aliphatic heterocycles. The second-order valence-corrected chi connectivity index (χ2v) is 2.57. The van der Waals surface area contributed by atoms with Gasteiger partial charge in [-0.15, -0.1) is 12.3 Å². The SMILES string of the molecule is C#CCCN1CC(OC)C1. The normalized spacial score (nSPS) is 20.0. The molecule has 1 heterocycles. The Morgan fingerprint density at radius 2 is 2.40 bits per heavy atom. The summed E-state index contributed by atoms with van der Waals surface area (Å²) in [5.74, 6) is 2.62. The molecule has 0 bridgehead atoms. The average molecular weight is 139 g/mol. The first-order valence-corrected chi connectivity index (χ1v) is 3.55. The fraction of sp³-hybridized carbons (Fsp3) is 0.750. The average Bonchev–Trinajstić information content (AvgIpc) is 1.86. The number of nitrogens with zero attached hydrogens (tertiary/aromatic N) is 1. The van der Waals surface area contributed by atoms with Crippen LogP contribution in [0.2, 0.25) is 0 Å². The highest BCUT2D eigenvalue weighted by atomic mass is 16.5. The van der Waals surface area contributed by atoms with Crippen LogP contribution in [0, 0.1) is 12.3 Å². The Morgan fingerprint density at radius 1 is 1.70 bits per heavy atom. The van der Waals surface area contributed by atoms with Gasteiger partial charge in [0.05, 0.1) is 6.10 Å². The number of likely N-dealkylation sites (tertiary alicyclic amines) is 1. The van der Waals surface area contributed by atoms with Crippen LogP contribution < -0.4 is 0 Å². The van der Waals surface area contributed by atoms with Crippen LogP contribution in [-0.2, 0) is 4.74 Å². The number of terminal acetylenes is 1. The molecule has 0 saturated carbocycles. The molecule has 0 N–H and O–H groups in total. The molecular formula is C8H13NO. The van der Waals surface area contributed by atoms with Gasteiger partial charge in [0.1, 0.15) is 0 Å². The lowest BCUT2D eigenvalue weighted by molar-refractivity contribution is -0.0279. The summed E-state index contributed by atoms with van der Waals surface area (Å²) in [6, 6.07) is 0. The van der Waals surface area contributed by atoms with E-state index in [-0.39, 0.29) is 0 Å². The molecule has 0 amide bonds. The topological polar surface area (TPSA) is 12.5 Å². The van der Waals surface area contributed by atoms with E-state index in [4.69, 9.17) is 11.2 Å². The Labute approximate surface area is 62.2 Å². The van der Waals surface area contributed by atoms with Gasteiger partial charge in [-0.3, -0.25) is 4.90 Å². The molecule has 2 heteroatoms. The second-order valence-electron chi connectivity index (χ2n) is 2.57. The molecule has 0 unspecified atom stereocenters. The fourth-order valence-corrected chi connectivity index (χ4v) is 1.08. The summed E-state index contributed by atoms with van der Waals surface area (Å²) in [6.07, 6.45) is 6.43. The second kappa shape index (κ2) is 3.60. The third-order valence-corrected chi connectivity index (χ3v) is 1.83. The summed E-state index contributed by atoms with van der Waals surface area (Å²) < 4.78 is 5.10. The van der Waals surface area contributed by atoms with Gasteiger partial charge >= 0.3 is 0 Å². The Morgan fingerprint density at radius 3 is 2.90 bits per heavy atom. The van der Waals surface area contributed by atoms with E-state index in [1.807, 2.05) is 0 Å². The lowest BCUT2D eigenvalue weighted by Crippen LogP contribution is -2.51. The maximum atomic E-state index is 5.11. The van der Waals surface area contributed by atoms with Crippen molar-refractivity contribution < 1.29 is 4.74 Å². The quantitative estimate of drug-likeness (QED) is 0.523. The largest absolute Gasteiger partial charge is 0.379 e. The maximum absolute atomic E-state index is 5.11. The molecule has 0 aromatic heterocycles. The van der Waals surface area contributed by atoms with Crippen molar-refractivity contribution in [2.45, 2.75) is 12.5 Å². The number of methoxy groups -OCH3 is 1. The molecule has 1 aliphatic rings.